The van der Waals surface area contributed by atoms with Crippen molar-refractivity contribution in [1.82, 2.24) is 19.7 Å². The van der Waals surface area contributed by atoms with E-state index in [0.717, 1.165) is 5.56 Å². The predicted octanol–water partition coefficient (Wildman–Crippen LogP) is 3.69. The molecule has 0 bridgehead atoms. The second kappa shape index (κ2) is 8.46. The molecule has 0 fully saturated rings. The zero-order valence-electron chi connectivity index (χ0n) is 18.4. The molecule has 0 saturated heterocycles. The summed E-state index contributed by atoms with van der Waals surface area (Å²) < 4.78 is 14.8. The Bertz CT molecular complexity index is 1220. The number of carbonyl (C=O) groups is 1. The molecule has 4 rings (SSSR count). The quantitative estimate of drug-likeness (QED) is 0.633. The Balaban J connectivity index is 1.72. The molecule has 0 unspecified atom stereocenters. The van der Waals surface area contributed by atoms with Crippen molar-refractivity contribution in [1.29, 1.82) is 0 Å². The van der Waals surface area contributed by atoms with Gasteiger partial charge < -0.3 is 14.6 Å². The van der Waals surface area contributed by atoms with Crippen LogP contribution in [0.15, 0.2) is 35.3 Å². The van der Waals surface area contributed by atoms with Crippen molar-refractivity contribution in [3.05, 3.63) is 62.8 Å². The summed E-state index contributed by atoms with van der Waals surface area (Å²) in [5.74, 6) is -1.02. The molecule has 1 aliphatic heterocycles. The van der Waals surface area contributed by atoms with E-state index in [0.29, 0.717) is 23.0 Å². The van der Waals surface area contributed by atoms with Crippen molar-refractivity contribution >= 4 is 17.2 Å². The average molecular weight is 457 g/mol. The maximum Gasteiger partial charge on any atom is 0.275 e. The Morgan fingerprint density at radius 1 is 1.16 bits per heavy atom. The molecule has 0 spiro atoms. The third kappa shape index (κ3) is 3.92. The van der Waals surface area contributed by atoms with E-state index in [4.69, 9.17) is 0 Å². The van der Waals surface area contributed by atoms with Crippen LogP contribution >= 0.6 is 11.3 Å². The minimum atomic E-state index is -0.638. The van der Waals surface area contributed by atoms with E-state index < -0.39 is 11.2 Å². The molecule has 3 heterocycles. The number of aromatic nitrogens is 3. The zero-order valence-corrected chi connectivity index (χ0v) is 19.2. The monoisotopic (exact) mass is 456 g/mol. The molecule has 2 aromatic heterocycles. The van der Waals surface area contributed by atoms with Gasteiger partial charge >= 0.3 is 0 Å². The number of aromatic hydroxyl groups is 1. The Morgan fingerprint density at radius 3 is 2.47 bits per heavy atom. The topological polar surface area (TPSA) is 88.3 Å². The summed E-state index contributed by atoms with van der Waals surface area (Å²) in [6.45, 7) is 8.42. The lowest BCUT2D eigenvalue weighted by Gasteiger charge is -2.42. The number of amides is 1. The average Bonchev–Trinajstić information content (AvgIpc) is 3.19. The van der Waals surface area contributed by atoms with Crippen LogP contribution in [0.25, 0.3) is 10.6 Å². The smallest absolute Gasteiger partial charge is 0.275 e. The molecule has 1 aliphatic rings. The van der Waals surface area contributed by atoms with Crippen molar-refractivity contribution < 1.29 is 14.3 Å². The molecular weight excluding hydrogens is 431 g/mol. The first kappa shape index (κ1) is 22.1. The molecule has 168 valence electrons. The molecule has 1 amide bonds. The van der Waals surface area contributed by atoms with Crippen molar-refractivity contribution in [2.24, 2.45) is 5.92 Å². The first-order valence-electron chi connectivity index (χ1n) is 10.5. The van der Waals surface area contributed by atoms with Gasteiger partial charge in [0.25, 0.3) is 5.91 Å². The van der Waals surface area contributed by atoms with Crippen LogP contribution in [0.2, 0.25) is 0 Å². The van der Waals surface area contributed by atoms with E-state index >= 15 is 0 Å². The van der Waals surface area contributed by atoms with Crippen molar-refractivity contribution in [2.75, 3.05) is 0 Å². The van der Waals surface area contributed by atoms with Crippen molar-refractivity contribution in [3.63, 3.8) is 0 Å². The van der Waals surface area contributed by atoms with Crippen LogP contribution in [-0.4, -0.2) is 42.8 Å². The normalized spacial score (nSPS) is 16.2. The number of halogens is 1. The maximum atomic E-state index is 13.2. The zero-order chi connectivity index (χ0) is 23.2. The Kier molecular flexibility index (Phi) is 5.85. The van der Waals surface area contributed by atoms with Crippen molar-refractivity contribution in [2.45, 2.75) is 52.7 Å². The summed E-state index contributed by atoms with van der Waals surface area (Å²) >= 11 is 1.24. The standard InChI is InChI=1S/C23H25FN4O3S/c1-12(2)17-11-27-10-16(20(29)21(30)19(27)23(31)28(17)13(3)4)22-26-25-18(32-22)9-14-5-7-15(24)8-6-14/h5-8,10,12-13,17,30H,9,11H2,1-4H3/t17-/m1/s1. The second-order valence-electron chi connectivity index (χ2n) is 8.64. The van der Waals surface area contributed by atoms with E-state index in [1.807, 2.05) is 27.7 Å². The fourth-order valence-electron chi connectivity index (χ4n) is 4.09. The summed E-state index contributed by atoms with van der Waals surface area (Å²) in [4.78, 5) is 27.9. The predicted molar refractivity (Wildman–Crippen MR) is 120 cm³/mol. The first-order valence-corrected chi connectivity index (χ1v) is 11.3. The minimum Gasteiger partial charge on any atom is -0.503 e. The van der Waals surface area contributed by atoms with Gasteiger partial charge in [-0.1, -0.05) is 37.3 Å². The molecule has 3 aromatic rings. The van der Waals surface area contributed by atoms with E-state index in [-0.39, 0.29) is 41.0 Å². The Morgan fingerprint density at radius 2 is 1.84 bits per heavy atom. The van der Waals surface area contributed by atoms with Crippen molar-refractivity contribution in [3.8, 4) is 16.3 Å². The van der Waals surface area contributed by atoms with Gasteiger partial charge in [0.2, 0.25) is 5.43 Å². The molecule has 0 saturated carbocycles. The Labute approximate surface area is 189 Å². The van der Waals surface area contributed by atoms with Crippen LogP contribution in [0.3, 0.4) is 0 Å². The molecular formula is C23H25FN4O3S. The molecule has 0 radical (unpaired) electrons. The highest BCUT2D eigenvalue weighted by Gasteiger charge is 2.38. The van der Waals surface area contributed by atoms with Gasteiger partial charge in [0.05, 0.1) is 11.6 Å². The summed E-state index contributed by atoms with van der Waals surface area (Å²) in [7, 11) is 0. The highest BCUT2D eigenvalue weighted by molar-refractivity contribution is 7.14. The van der Waals surface area contributed by atoms with Crippen LogP contribution in [-0.2, 0) is 13.0 Å². The summed E-state index contributed by atoms with van der Waals surface area (Å²) in [6, 6.07) is 5.99. The van der Waals surface area contributed by atoms with Gasteiger partial charge in [-0.2, -0.15) is 0 Å². The number of hydrogen-bond donors (Lipinski definition) is 1. The first-order chi connectivity index (χ1) is 15.2. The minimum absolute atomic E-state index is 0.0143. The van der Waals surface area contributed by atoms with Gasteiger partial charge in [-0.25, -0.2) is 4.39 Å². The lowest BCUT2D eigenvalue weighted by molar-refractivity contribution is 0.0422. The number of rotatable bonds is 5. The van der Waals surface area contributed by atoms with Gasteiger partial charge in [0.15, 0.2) is 16.5 Å². The largest absolute Gasteiger partial charge is 0.503 e. The van der Waals surface area contributed by atoms with E-state index in [2.05, 4.69) is 10.2 Å². The van der Waals surface area contributed by atoms with Gasteiger partial charge in [-0.15, -0.1) is 10.2 Å². The molecule has 32 heavy (non-hydrogen) atoms. The molecule has 0 aliphatic carbocycles. The van der Waals surface area contributed by atoms with E-state index in [1.54, 1.807) is 27.8 Å². The number of benzene rings is 1. The molecule has 1 aromatic carbocycles. The van der Waals surface area contributed by atoms with Crippen LogP contribution in [0, 0.1) is 11.7 Å². The van der Waals surface area contributed by atoms with Crippen LogP contribution in [0.1, 0.15) is 48.8 Å². The fraction of sp³-hybridized carbons (Fsp3) is 0.391. The lowest BCUT2D eigenvalue weighted by atomic mass is 9.97. The highest BCUT2D eigenvalue weighted by atomic mass is 32.1. The molecule has 7 nitrogen and oxygen atoms in total. The molecule has 1 atom stereocenters. The van der Waals surface area contributed by atoms with Crippen LogP contribution in [0.4, 0.5) is 4.39 Å². The van der Waals surface area contributed by atoms with E-state index in [1.165, 1.54) is 23.5 Å². The number of pyridine rings is 1. The number of nitrogens with zero attached hydrogens (tertiary/aromatic N) is 4. The van der Waals surface area contributed by atoms with Gasteiger partial charge in [-0.05, 0) is 37.5 Å². The molecule has 1 N–H and O–H groups in total. The summed E-state index contributed by atoms with van der Waals surface area (Å²) in [5, 5.41) is 20.0. The summed E-state index contributed by atoms with van der Waals surface area (Å²) in [6.07, 6.45) is 2.05. The Hall–Kier alpha value is -3.07. The number of fused-ring (bicyclic) bond motifs is 1. The second-order valence-corrected chi connectivity index (χ2v) is 9.71. The lowest BCUT2D eigenvalue weighted by Crippen LogP contribution is -2.54. The van der Waals surface area contributed by atoms with Gasteiger partial charge in [0, 0.05) is 25.2 Å². The van der Waals surface area contributed by atoms with Gasteiger partial charge in [0.1, 0.15) is 10.8 Å². The van der Waals surface area contributed by atoms with Crippen LogP contribution in [0.5, 0.6) is 5.75 Å². The van der Waals surface area contributed by atoms with E-state index in [9.17, 15) is 19.1 Å². The molecule has 9 heteroatoms. The fourth-order valence-corrected chi connectivity index (χ4v) is 4.97. The number of hydrogen-bond acceptors (Lipinski definition) is 6. The highest BCUT2D eigenvalue weighted by Crippen LogP contribution is 2.31. The summed E-state index contributed by atoms with van der Waals surface area (Å²) in [5.41, 5.74) is 0.460. The third-order valence-corrected chi connectivity index (χ3v) is 6.68. The number of carbonyl (C=O) groups excluding carboxylic acids is 1. The SMILES string of the molecule is CC(C)[C@H]1Cn2cc(-c3nnc(Cc4ccc(F)cc4)s3)c(=O)c(O)c2C(=O)N1C(C)C. The third-order valence-electron chi connectivity index (χ3n) is 5.73. The van der Waals surface area contributed by atoms with Gasteiger partial charge in [-0.3, -0.25) is 9.59 Å². The maximum absolute atomic E-state index is 13.2. The van der Waals surface area contributed by atoms with Crippen LogP contribution < -0.4 is 5.43 Å².